The van der Waals surface area contributed by atoms with Crippen molar-refractivity contribution in [2.24, 2.45) is 0 Å². The maximum Gasteiger partial charge on any atom is 0.416 e. The standard InChI is InChI=1S/C14H8ClF4O/c1-8-2-4-10(5-3-8)20-13-11(15)6-9(7-12(13)16)14(17,18)19/h2-7H,1H2. The summed E-state index contributed by atoms with van der Waals surface area (Å²) >= 11 is 5.64. The molecule has 0 atom stereocenters. The van der Waals surface area contributed by atoms with Gasteiger partial charge in [-0.3, -0.25) is 0 Å². The fourth-order valence-corrected chi connectivity index (χ4v) is 1.74. The highest BCUT2D eigenvalue weighted by Crippen LogP contribution is 2.38. The zero-order chi connectivity index (χ0) is 14.9. The maximum absolute atomic E-state index is 13.7. The number of hydrogen-bond donors (Lipinski definition) is 0. The van der Waals surface area contributed by atoms with Crippen molar-refractivity contribution in [2.45, 2.75) is 6.18 Å². The number of alkyl halides is 3. The maximum atomic E-state index is 13.7. The lowest BCUT2D eigenvalue weighted by atomic mass is 10.2. The molecule has 0 unspecified atom stereocenters. The van der Waals surface area contributed by atoms with E-state index in [1.165, 1.54) is 12.1 Å². The van der Waals surface area contributed by atoms with Gasteiger partial charge in [-0.25, -0.2) is 4.39 Å². The van der Waals surface area contributed by atoms with Crippen molar-refractivity contribution >= 4 is 11.6 Å². The minimum atomic E-state index is -4.67. The summed E-state index contributed by atoms with van der Waals surface area (Å²) in [6, 6.07) is 7.22. The number of benzene rings is 2. The van der Waals surface area contributed by atoms with Crippen LogP contribution in [0.4, 0.5) is 17.6 Å². The molecule has 0 aliphatic rings. The van der Waals surface area contributed by atoms with Gasteiger partial charge in [0.25, 0.3) is 0 Å². The zero-order valence-corrected chi connectivity index (χ0v) is 10.7. The van der Waals surface area contributed by atoms with Crippen LogP contribution < -0.4 is 4.74 Å². The van der Waals surface area contributed by atoms with Gasteiger partial charge in [0.15, 0.2) is 11.6 Å². The molecule has 0 saturated carbocycles. The van der Waals surface area contributed by atoms with E-state index < -0.39 is 28.3 Å². The Labute approximate surface area is 117 Å². The second-order valence-electron chi connectivity index (χ2n) is 4.01. The van der Waals surface area contributed by atoms with Crippen molar-refractivity contribution in [3.8, 4) is 11.5 Å². The van der Waals surface area contributed by atoms with E-state index >= 15 is 0 Å². The average molecular weight is 304 g/mol. The number of halogens is 5. The summed E-state index contributed by atoms with van der Waals surface area (Å²) in [4.78, 5) is 0. The van der Waals surface area contributed by atoms with E-state index in [0.717, 1.165) is 5.56 Å². The molecule has 6 heteroatoms. The van der Waals surface area contributed by atoms with E-state index in [1.54, 1.807) is 12.1 Å². The molecule has 0 aromatic heterocycles. The molecular weight excluding hydrogens is 296 g/mol. The van der Waals surface area contributed by atoms with Gasteiger partial charge in [0, 0.05) is 0 Å². The second kappa shape index (κ2) is 5.32. The molecule has 0 heterocycles. The van der Waals surface area contributed by atoms with E-state index in [2.05, 4.69) is 6.92 Å². The average Bonchev–Trinajstić information content (AvgIpc) is 2.34. The highest BCUT2D eigenvalue weighted by atomic mass is 35.5. The Morgan fingerprint density at radius 3 is 2.15 bits per heavy atom. The minimum Gasteiger partial charge on any atom is -0.453 e. The van der Waals surface area contributed by atoms with Gasteiger partial charge in [0.2, 0.25) is 0 Å². The predicted octanol–water partition coefficient (Wildman–Crippen LogP) is 5.47. The second-order valence-corrected chi connectivity index (χ2v) is 4.42. The first-order valence-electron chi connectivity index (χ1n) is 5.43. The first kappa shape index (κ1) is 14.7. The third-order valence-electron chi connectivity index (χ3n) is 2.47. The topological polar surface area (TPSA) is 9.23 Å². The van der Waals surface area contributed by atoms with Crippen molar-refractivity contribution in [1.82, 2.24) is 0 Å². The van der Waals surface area contributed by atoms with Crippen molar-refractivity contribution in [3.05, 3.63) is 65.3 Å². The quantitative estimate of drug-likeness (QED) is 0.668. The number of ether oxygens (including phenoxy) is 1. The highest BCUT2D eigenvalue weighted by molar-refractivity contribution is 6.32. The smallest absolute Gasteiger partial charge is 0.416 e. The summed E-state index contributed by atoms with van der Waals surface area (Å²) in [5.41, 5.74) is -0.447. The molecule has 1 nitrogen and oxygen atoms in total. The van der Waals surface area contributed by atoms with Crippen molar-refractivity contribution < 1.29 is 22.3 Å². The molecule has 2 rings (SSSR count). The molecule has 0 aliphatic carbocycles. The van der Waals surface area contributed by atoms with Crippen LogP contribution in [0.15, 0.2) is 36.4 Å². The van der Waals surface area contributed by atoms with Gasteiger partial charge in [-0.05, 0) is 36.8 Å². The molecule has 0 fully saturated rings. The minimum absolute atomic E-state index is 0.248. The molecule has 0 spiro atoms. The molecule has 1 radical (unpaired) electrons. The monoisotopic (exact) mass is 303 g/mol. The van der Waals surface area contributed by atoms with Crippen LogP contribution in [0, 0.1) is 12.7 Å². The Kier molecular flexibility index (Phi) is 3.90. The van der Waals surface area contributed by atoms with Crippen LogP contribution in [0.3, 0.4) is 0 Å². The van der Waals surface area contributed by atoms with Crippen molar-refractivity contribution in [2.75, 3.05) is 0 Å². The highest BCUT2D eigenvalue weighted by Gasteiger charge is 2.32. The lowest BCUT2D eigenvalue weighted by Crippen LogP contribution is -2.06. The summed E-state index contributed by atoms with van der Waals surface area (Å²) < 4.78 is 56.3. The first-order valence-corrected chi connectivity index (χ1v) is 5.81. The third kappa shape index (κ3) is 3.22. The van der Waals surface area contributed by atoms with E-state index in [9.17, 15) is 17.6 Å². The van der Waals surface area contributed by atoms with Crippen molar-refractivity contribution in [1.29, 1.82) is 0 Å². The van der Waals surface area contributed by atoms with Crippen LogP contribution in [0.5, 0.6) is 11.5 Å². The summed E-state index contributed by atoms with van der Waals surface area (Å²) in [7, 11) is 0. The lowest BCUT2D eigenvalue weighted by molar-refractivity contribution is -0.137. The number of hydrogen-bond acceptors (Lipinski definition) is 1. The van der Waals surface area contributed by atoms with Crippen molar-refractivity contribution in [3.63, 3.8) is 0 Å². The van der Waals surface area contributed by atoms with Gasteiger partial charge in [-0.2, -0.15) is 13.2 Å². The van der Waals surface area contributed by atoms with Gasteiger partial charge in [0.05, 0.1) is 10.6 Å². The molecule has 0 amide bonds. The molecular formula is C14H8ClF4O. The molecule has 105 valence electrons. The Morgan fingerprint density at radius 1 is 1.05 bits per heavy atom. The number of rotatable bonds is 2. The van der Waals surface area contributed by atoms with E-state index in [1.807, 2.05) is 0 Å². The van der Waals surface area contributed by atoms with Gasteiger partial charge < -0.3 is 4.74 Å². The SMILES string of the molecule is [CH2]c1ccc(Oc2c(F)cc(C(F)(F)F)cc2Cl)cc1. The Hall–Kier alpha value is -1.75. The zero-order valence-electron chi connectivity index (χ0n) is 9.97. The van der Waals surface area contributed by atoms with E-state index in [0.29, 0.717) is 12.1 Å². The Balaban J connectivity index is 2.36. The summed E-state index contributed by atoms with van der Waals surface area (Å²) in [6.07, 6.45) is -4.67. The molecule has 20 heavy (non-hydrogen) atoms. The van der Waals surface area contributed by atoms with Gasteiger partial charge in [-0.1, -0.05) is 23.7 Å². The van der Waals surface area contributed by atoms with Gasteiger partial charge in [-0.15, -0.1) is 0 Å². The van der Waals surface area contributed by atoms with Gasteiger partial charge >= 0.3 is 6.18 Å². The van der Waals surface area contributed by atoms with Crippen LogP contribution in [0.25, 0.3) is 0 Å². The molecule has 0 N–H and O–H groups in total. The molecule has 0 saturated heterocycles. The third-order valence-corrected chi connectivity index (χ3v) is 2.75. The Morgan fingerprint density at radius 2 is 1.65 bits per heavy atom. The van der Waals surface area contributed by atoms with Crippen LogP contribution >= 0.6 is 11.6 Å². The Bertz CT molecular complexity index is 597. The summed E-state index contributed by atoms with van der Waals surface area (Å²) in [5, 5.41) is -0.448. The van der Waals surface area contributed by atoms with Gasteiger partial charge in [0.1, 0.15) is 5.75 Å². The van der Waals surface area contributed by atoms with Crippen LogP contribution in [0.1, 0.15) is 11.1 Å². The van der Waals surface area contributed by atoms with Crippen LogP contribution in [-0.4, -0.2) is 0 Å². The molecule has 0 bridgehead atoms. The fourth-order valence-electron chi connectivity index (χ4n) is 1.50. The molecule has 2 aromatic carbocycles. The van der Waals surface area contributed by atoms with E-state index in [-0.39, 0.29) is 5.75 Å². The molecule has 2 aromatic rings. The van der Waals surface area contributed by atoms with Crippen LogP contribution in [0.2, 0.25) is 5.02 Å². The fraction of sp³-hybridized carbons (Fsp3) is 0.0714. The summed E-state index contributed by atoms with van der Waals surface area (Å²) in [5.74, 6) is -1.38. The van der Waals surface area contributed by atoms with Crippen LogP contribution in [-0.2, 0) is 6.18 Å². The predicted molar refractivity (Wildman–Crippen MR) is 67.4 cm³/mol. The normalized spacial score (nSPS) is 11.5. The molecule has 0 aliphatic heterocycles. The summed E-state index contributed by atoms with van der Waals surface area (Å²) in [6.45, 7) is 3.66. The first-order chi connectivity index (χ1) is 9.27. The largest absolute Gasteiger partial charge is 0.453 e. The lowest BCUT2D eigenvalue weighted by Gasteiger charge is -2.12. The van der Waals surface area contributed by atoms with E-state index in [4.69, 9.17) is 16.3 Å².